The van der Waals surface area contributed by atoms with Crippen molar-refractivity contribution in [2.75, 3.05) is 0 Å². The number of nitrogens with one attached hydrogen (secondary N) is 1. The number of aliphatic carboxylic acids is 1. The number of rotatable bonds is 4. The van der Waals surface area contributed by atoms with Crippen LogP contribution in [-0.2, 0) is 24.2 Å². The van der Waals surface area contributed by atoms with E-state index in [1.54, 1.807) is 13.8 Å². The molecule has 3 atom stereocenters. The van der Waals surface area contributed by atoms with Gasteiger partial charge in [-0.3, -0.25) is 9.59 Å². The molecular weight excluding hydrogens is 312 g/mol. The average Bonchev–Trinajstić information content (AvgIpc) is 2.48. The van der Waals surface area contributed by atoms with Crippen molar-refractivity contribution < 1.29 is 27.9 Å². The number of fused-ring (bicyclic) bond motifs is 1. The van der Waals surface area contributed by atoms with Crippen LogP contribution in [0, 0.1) is 5.92 Å². The van der Waals surface area contributed by atoms with Gasteiger partial charge in [-0.15, -0.1) is 0 Å². The van der Waals surface area contributed by atoms with Gasteiger partial charge in [0.15, 0.2) is 9.84 Å². The second-order valence-corrected chi connectivity index (χ2v) is 9.27. The molecule has 8 nitrogen and oxygen atoms in total. The van der Waals surface area contributed by atoms with Crippen LogP contribution in [0.3, 0.4) is 0 Å². The quantitative estimate of drug-likeness (QED) is 0.660. The fourth-order valence-electron chi connectivity index (χ4n) is 3.00. The van der Waals surface area contributed by atoms with Crippen LogP contribution < -0.4 is 5.32 Å². The van der Waals surface area contributed by atoms with Gasteiger partial charge in [-0.2, -0.15) is 0 Å². The van der Waals surface area contributed by atoms with Gasteiger partial charge in [0.05, 0.1) is 11.2 Å². The molecule has 2 saturated heterocycles. The number of hydrogen-bond donors (Lipinski definition) is 2. The van der Waals surface area contributed by atoms with E-state index >= 15 is 0 Å². The summed E-state index contributed by atoms with van der Waals surface area (Å²) < 4.78 is 23.3. The third-order valence-electron chi connectivity index (χ3n) is 4.45. The van der Waals surface area contributed by atoms with E-state index in [0.29, 0.717) is 0 Å². The standard InChI is InChI=1S/C13H20N2O6S/c1-6(2)9(12(18)19)14-11(17)10-13(3,4)22(20,21)8-5-7(16)15(8)10/h6,8-10H,5H2,1-4H3,(H,14,17)(H,18,19). The van der Waals surface area contributed by atoms with E-state index in [-0.39, 0.29) is 12.3 Å². The molecule has 2 rings (SSSR count). The number of carboxylic acid groups (broad SMARTS) is 1. The van der Waals surface area contributed by atoms with Crippen LogP contribution in [0.2, 0.25) is 0 Å². The second kappa shape index (κ2) is 4.94. The molecule has 2 aliphatic heterocycles. The van der Waals surface area contributed by atoms with Crippen molar-refractivity contribution >= 4 is 27.6 Å². The fraction of sp³-hybridized carbons (Fsp3) is 0.769. The number of nitrogens with zero attached hydrogens (tertiary/aromatic N) is 1. The Labute approximate surface area is 128 Å². The maximum Gasteiger partial charge on any atom is 0.326 e. The van der Waals surface area contributed by atoms with E-state index in [9.17, 15) is 22.8 Å². The molecule has 0 aromatic carbocycles. The molecule has 0 saturated carbocycles. The molecule has 22 heavy (non-hydrogen) atoms. The molecule has 9 heteroatoms. The first-order valence-electron chi connectivity index (χ1n) is 7.00. The van der Waals surface area contributed by atoms with Crippen LogP contribution >= 0.6 is 0 Å². The second-order valence-electron chi connectivity index (χ2n) is 6.58. The lowest BCUT2D eigenvalue weighted by atomic mass is 9.96. The molecule has 2 N–H and O–H groups in total. The molecule has 0 aromatic heterocycles. The Morgan fingerprint density at radius 2 is 1.91 bits per heavy atom. The highest BCUT2D eigenvalue weighted by atomic mass is 32.2. The first-order valence-corrected chi connectivity index (χ1v) is 8.55. The monoisotopic (exact) mass is 332 g/mol. The van der Waals surface area contributed by atoms with E-state index in [1.807, 2.05) is 0 Å². The number of hydrogen-bond acceptors (Lipinski definition) is 5. The Morgan fingerprint density at radius 1 is 1.36 bits per heavy atom. The molecule has 3 unspecified atom stereocenters. The van der Waals surface area contributed by atoms with E-state index in [4.69, 9.17) is 5.11 Å². The summed E-state index contributed by atoms with van der Waals surface area (Å²) >= 11 is 0. The molecule has 0 radical (unpaired) electrons. The molecule has 2 heterocycles. The van der Waals surface area contributed by atoms with Crippen molar-refractivity contribution in [3.63, 3.8) is 0 Å². The largest absolute Gasteiger partial charge is 0.480 e. The highest BCUT2D eigenvalue weighted by molar-refractivity contribution is 7.93. The summed E-state index contributed by atoms with van der Waals surface area (Å²) in [7, 11) is -3.67. The van der Waals surface area contributed by atoms with E-state index in [2.05, 4.69) is 5.32 Å². The number of amides is 2. The van der Waals surface area contributed by atoms with Crippen LogP contribution in [-0.4, -0.2) is 58.4 Å². The summed E-state index contributed by atoms with van der Waals surface area (Å²) in [6.07, 6.45) is -0.123. The topological polar surface area (TPSA) is 121 Å². The minimum absolute atomic E-state index is 0.123. The van der Waals surface area contributed by atoms with E-state index in [1.165, 1.54) is 13.8 Å². The van der Waals surface area contributed by atoms with Gasteiger partial charge in [0.25, 0.3) is 0 Å². The zero-order chi connectivity index (χ0) is 17.0. The number of β-lactam (4-membered cyclic amide) rings is 1. The summed E-state index contributed by atoms with van der Waals surface area (Å²) in [6, 6.07) is -2.34. The number of carboxylic acids is 1. The van der Waals surface area contributed by atoms with Gasteiger partial charge in [-0.25, -0.2) is 13.2 Å². The Kier molecular flexibility index (Phi) is 3.75. The van der Waals surface area contributed by atoms with Gasteiger partial charge in [0.1, 0.15) is 17.5 Å². The van der Waals surface area contributed by atoms with Crippen molar-refractivity contribution in [3.8, 4) is 0 Å². The normalized spacial score (nSPS) is 29.7. The molecule has 0 spiro atoms. The van der Waals surface area contributed by atoms with Gasteiger partial charge in [0, 0.05) is 0 Å². The maximum absolute atomic E-state index is 12.5. The Balaban J connectivity index is 2.33. The van der Waals surface area contributed by atoms with Crippen LogP contribution in [0.25, 0.3) is 0 Å². The molecule has 0 aliphatic carbocycles. The predicted octanol–water partition coefficient (Wildman–Crippen LogP) is -0.654. The number of sulfone groups is 1. The summed E-state index contributed by atoms with van der Waals surface area (Å²) in [6.45, 7) is 6.05. The summed E-state index contributed by atoms with van der Waals surface area (Å²) in [5.41, 5.74) is 0. The molecule has 124 valence electrons. The van der Waals surface area contributed by atoms with Gasteiger partial charge >= 0.3 is 5.97 Å². The van der Waals surface area contributed by atoms with Crippen molar-refractivity contribution in [2.24, 2.45) is 5.92 Å². The first-order chi connectivity index (χ1) is 9.92. The van der Waals surface area contributed by atoms with Gasteiger partial charge < -0.3 is 15.3 Å². The molecule has 0 aromatic rings. The average molecular weight is 332 g/mol. The summed E-state index contributed by atoms with van der Waals surface area (Å²) in [4.78, 5) is 36.4. The summed E-state index contributed by atoms with van der Waals surface area (Å²) in [5.74, 6) is -2.72. The van der Waals surface area contributed by atoms with Gasteiger partial charge in [-0.1, -0.05) is 13.8 Å². The van der Waals surface area contributed by atoms with E-state index in [0.717, 1.165) is 4.90 Å². The van der Waals surface area contributed by atoms with Crippen LogP contribution in [0.5, 0.6) is 0 Å². The van der Waals surface area contributed by atoms with Gasteiger partial charge in [-0.05, 0) is 19.8 Å². The third-order valence-corrected chi connectivity index (χ3v) is 7.25. The number of carbonyl (C=O) groups excluding carboxylic acids is 2. The minimum Gasteiger partial charge on any atom is -0.480 e. The summed E-state index contributed by atoms with van der Waals surface area (Å²) in [5, 5.41) is 10.5. The smallest absolute Gasteiger partial charge is 0.326 e. The van der Waals surface area contributed by atoms with Crippen LogP contribution in [0.1, 0.15) is 34.1 Å². The number of carbonyl (C=O) groups is 3. The lowest BCUT2D eigenvalue weighted by Crippen LogP contribution is -2.61. The van der Waals surface area contributed by atoms with Crippen molar-refractivity contribution in [2.45, 2.75) is 56.3 Å². The SMILES string of the molecule is CC(C)C(NC(=O)C1N2C(=O)CC2S(=O)(=O)C1(C)C)C(=O)O. The van der Waals surface area contributed by atoms with Gasteiger partial charge in [0.2, 0.25) is 11.8 Å². The molecule has 2 fully saturated rings. The Bertz CT molecular complexity index is 639. The molecule has 2 aliphatic rings. The lowest BCUT2D eigenvalue weighted by molar-refractivity contribution is -0.151. The highest BCUT2D eigenvalue weighted by Crippen LogP contribution is 2.45. The van der Waals surface area contributed by atoms with Crippen molar-refractivity contribution in [1.29, 1.82) is 0 Å². The van der Waals surface area contributed by atoms with E-state index < -0.39 is 49.8 Å². The Morgan fingerprint density at radius 3 is 2.32 bits per heavy atom. The van der Waals surface area contributed by atoms with Crippen molar-refractivity contribution in [1.82, 2.24) is 10.2 Å². The predicted molar refractivity (Wildman–Crippen MR) is 76.4 cm³/mol. The first kappa shape index (κ1) is 16.7. The lowest BCUT2D eigenvalue weighted by Gasteiger charge is -2.37. The third kappa shape index (κ3) is 2.10. The van der Waals surface area contributed by atoms with Crippen LogP contribution in [0.15, 0.2) is 0 Å². The minimum atomic E-state index is -3.67. The van der Waals surface area contributed by atoms with Crippen LogP contribution in [0.4, 0.5) is 0 Å². The maximum atomic E-state index is 12.5. The Hall–Kier alpha value is -1.64. The molecular formula is C13H20N2O6S. The van der Waals surface area contributed by atoms with Crippen molar-refractivity contribution in [3.05, 3.63) is 0 Å². The fourth-order valence-corrected chi connectivity index (χ4v) is 5.13. The zero-order valence-corrected chi connectivity index (χ0v) is 13.7. The molecule has 0 bridgehead atoms. The molecule has 2 amide bonds. The zero-order valence-electron chi connectivity index (χ0n) is 12.9. The highest BCUT2D eigenvalue weighted by Gasteiger charge is 2.67.